The van der Waals surface area contributed by atoms with Gasteiger partial charge in [-0.25, -0.2) is 4.98 Å². The molecule has 3 rings (SSSR count). The predicted octanol–water partition coefficient (Wildman–Crippen LogP) is 4.11. The standard InChI is InChI=1S/C17H16ClN3O/c1-3-13-16(21-9-8-11(2)10-15(21)19-13)17(22)20-14-7-5-4-6-12(14)18/h4-10H,3H2,1-2H3,(H,20,22). The van der Waals surface area contributed by atoms with Gasteiger partial charge in [0.2, 0.25) is 0 Å². The maximum Gasteiger partial charge on any atom is 0.274 e. The third-order valence-electron chi connectivity index (χ3n) is 3.53. The number of imidazole rings is 1. The highest BCUT2D eigenvalue weighted by Crippen LogP contribution is 2.22. The molecule has 4 nitrogen and oxygen atoms in total. The number of aromatic nitrogens is 2. The molecule has 0 fully saturated rings. The summed E-state index contributed by atoms with van der Waals surface area (Å²) in [6.45, 7) is 3.99. The number of hydrogen-bond acceptors (Lipinski definition) is 2. The third-order valence-corrected chi connectivity index (χ3v) is 3.86. The molecule has 1 amide bonds. The number of anilines is 1. The van der Waals surface area contributed by atoms with Crippen molar-refractivity contribution in [3.8, 4) is 0 Å². The molecule has 1 aromatic carbocycles. The van der Waals surface area contributed by atoms with Gasteiger partial charge in [-0.3, -0.25) is 9.20 Å². The summed E-state index contributed by atoms with van der Waals surface area (Å²) >= 11 is 6.11. The molecule has 0 radical (unpaired) electrons. The van der Waals surface area contributed by atoms with Gasteiger partial charge in [-0.05, 0) is 43.2 Å². The van der Waals surface area contributed by atoms with E-state index in [4.69, 9.17) is 11.6 Å². The third kappa shape index (κ3) is 2.57. The molecular formula is C17H16ClN3O. The molecule has 2 aromatic heterocycles. The number of carbonyl (C=O) groups excluding carboxylic acids is 1. The summed E-state index contributed by atoms with van der Waals surface area (Å²) in [7, 11) is 0. The van der Waals surface area contributed by atoms with Gasteiger partial charge < -0.3 is 5.32 Å². The molecule has 0 saturated carbocycles. The van der Waals surface area contributed by atoms with Crippen molar-refractivity contribution >= 4 is 28.8 Å². The van der Waals surface area contributed by atoms with Crippen molar-refractivity contribution in [2.24, 2.45) is 0 Å². The van der Waals surface area contributed by atoms with Crippen LogP contribution >= 0.6 is 11.6 Å². The van der Waals surface area contributed by atoms with E-state index < -0.39 is 0 Å². The highest BCUT2D eigenvalue weighted by Gasteiger charge is 2.19. The van der Waals surface area contributed by atoms with Gasteiger partial charge in [0.05, 0.1) is 16.4 Å². The number of rotatable bonds is 3. The number of aryl methyl sites for hydroxylation is 2. The van der Waals surface area contributed by atoms with Crippen LogP contribution in [0.4, 0.5) is 5.69 Å². The highest BCUT2D eigenvalue weighted by atomic mass is 35.5. The van der Waals surface area contributed by atoms with Crippen LogP contribution in [0.25, 0.3) is 5.65 Å². The number of carbonyl (C=O) groups is 1. The summed E-state index contributed by atoms with van der Waals surface area (Å²) in [5.74, 6) is -0.207. The molecule has 0 atom stereocenters. The lowest BCUT2D eigenvalue weighted by molar-refractivity contribution is 0.102. The zero-order valence-corrected chi connectivity index (χ0v) is 13.2. The minimum absolute atomic E-state index is 0.207. The molecule has 22 heavy (non-hydrogen) atoms. The lowest BCUT2D eigenvalue weighted by atomic mass is 10.2. The van der Waals surface area contributed by atoms with Crippen molar-refractivity contribution < 1.29 is 4.79 Å². The van der Waals surface area contributed by atoms with E-state index >= 15 is 0 Å². The van der Waals surface area contributed by atoms with Gasteiger partial charge in [0, 0.05) is 6.20 Å². The Bertz CT molecular complexity index is 854. The lowest BCUT2D eigenvalue weighted by Gasteiger charge is -2.08. The van der Waals surface area contributed by atoms with E-state index in [9.17, 15) is 4.79 Å². The molecule has 3 aromatic rings. The fourth-order valence-corrected chi connectivity index (χ4v) is 2.61. The second kappa shape index (κ2) is 5.81. The SMILES string of the molecule is CCc1nc2cc(C)ccn2c1C(=O)Nc1ccccc1Cl. The van der Waals surface area contributed by atoms with E-state index in [-0.39, 0.29) is 5.91 Å². The Labute approximate surface area is 133 Å². The molecule has 112 valence electrons. The van der Waals surface area contributed by atoms with Crippen LogP contribution in [0.1, 0.15) is 28.7 Å². The Kier molecular flexibility index (Phi) is 3.86. The predicted molar refractivity (Wildman–Crippen MR) is 88.7 cm³/mol. The van der Waals surface area contributed by atoms with Crippen molar-refractivity contribution in [3.63, 3.8) is 0 Å². The van der Waals surface area contributed by atoms with Crippen LogP contribution in [0.2, 0.25) is 5.02 Å². The largest absolute Gasteiger partial charge is 0.319 e. The van der Waals surface area contributed by atoms with Crippen LogP contribution < -0.4 is 5.32 Å². The number of hydrogen-bond donors (Lipinski definition) is 1. The molecule has 0 saturated heterocycles. The second-order valence-corrected chi connectivity index (χ2v) is 5.53. The fourth-order valence-electron chi connectivity index (χ4n) is 2.43. The first-order valence-corrected chi connectivity index (χ1v) is 7.51. The number of fused-ring (bicyclic) bond motifs is 1. The van der Waals surface area contributed by atoms with Crippen LogP contribution in [-0.2, 0) is 6.42 Å². The minimum atomic E-state index is -0.207. The first kappa shape index (κ1) is 14.6. The topological polar surface area (TPSA) is 46.4 Å². The van der Waals surface area contributed by atoms with Gasteiger partial charge in [-0.2, -0.15) is 0 Å². The molecule has 0 aliphatic rings. The Hall–Kier alpha value is -2.33. The number of halogens is 1. The summed E-state index contributed by atoms with van der Waals surface area (Å²) in [4.78, 5) is 17.2. The maximum atomic E-state index is 12.7. The second-order valence-electron chi connectivity index (χ2n) is 5.13. The normalized spacial score (nSPS) is 10.9. The van der Waals surface area contributed by atoms with Crippen LogP contribution in [0.5, 0.6) is 0 Å². The first-order valence-electron chi connectivity index (χ1n) is 7.13. The van der Waals surface area contributed by atoms with Crippen molar-refractivity contribution in [2.75, 3.05) is 5.32 Å². The molecule has 0 aliphatic carbocycles. The molecule has 2 heterocycles. The van der Waals surface area contributed by atoms with E-state index in [1.54, 1.807) is 12.1 Å². The van der Waals surface area contributed by atoms with E-state index in [1.165, 1.54) is 0 Å². The minimum Gasteiger partial charge on any atom is -0.319 e. The number of benzene rings is 1. The van der Waals surface area contributed by atoms with E-state index in [1.807, 2.05) is 48.7 Å². The average molecular weight is 314 g/mol. The van der Waals surface area contributed by atoms with Gasteiger partial charge in [0.25, 0.3) is 5.91 Å². The summed E-state index contributed by atoms with van der Waals surface area (Å²) in [6, 6.07) is 11.1. The monoisotopic (exact) mass is 313 g/mol. The maximum absolute atomic E-state index is 12.7. The number of nitrogens with one attached hydrogen (secondary N) is 1. The van der Waals surface area contributed by atoms with Crippen molar-refractivity contribution in [2.45, 2.75) is 20.3 Å². The van der Waals surface area contributed by atoms with Crippen LogP contribution in [0.3, 0.4) is 0 Å². The Balaban J connectivity index is 2.05. The van der Waals surface area contributed by atoms with Crippen molar-refractivity contribution in [1.29, 1.82) is 0 Å². The quantitative estimate of drug-likeness (QED) is 0.791. The molecule has 5 heteroatoms. The molecule has 1 N–H and O–H groups in total. The number of nitrogens with zero attached hydrogens (tertiary/aromatic N) is 2. The van der Waals surface area contributed by atoms with Crippen LogP contribution in [0.15, 0.2) is 42.6 Å². The van der Waals surface area contributed by atoms with E-state index in [0.29, 0.717) is 22.8 Å². The fraction of sp³-hybridized carbons (Fsp3) is 0.176. The zero-order chi connectivity index (χ0) is 15.7. The smallest absolute Gasteiger partial charge is 0.274 e. The first-order chi connectivity index (χ1) is 10.6. The Morgan fingerprint density at radius 2 is 2.09 bits per heavy atom. The van der Waals surface area contributed by atoms with Crippen LogP contribution in [-0.4, -0.2) is 15.3 Å². The van der Waals surface area contributed by atoms with E-state index in [2.05, 4.69) is 10.3 Å². The van der Waals surface area contributed by atoms with Gasteiger partial charge in [0.15, 0.2) is 0 Å². The van der Waals surface area contributed by atoms with E-state index in [0.717, 1.165) is 16.9 Å². The molecule has 0 spiro atoms. The van der Waals surface area contributed by atoms with Gasteiger partial charge in [-0.1, -0.05) is 30.7 Å². The number of pyridine rings is 1. The van der Waals surface area contributed by atoms with Gasteiger partial charge >= 0.3 is 0 Å². The Morgan fingerprint density at radius 1 is 1.32 bits per heavy atom. The molecule has 0 unspecified atom stereocenters. The summed E-state index contributed by atoms with van der Waals surface area (Å²) in [5.41, 5.74) is 3.81. The van der Waals surface area contributed by atoms with Crippen LogP contribution in [0, 0.1) is 6.92 Å². The van der Waals surface area contributed by atoms with Crippen molar-refractivity contribution in [1.82, 2.24) is 9.38 Å². The highest BCUT2D eigenvalue weighted by molar-refractivity contribution is 6.33. The van der Waals surface area contributed by atoms with Crippen molar-refractivity contribution in [3.05, 3.63) is 64.6 Å². The Morgan fingerprint density at radius 3 is 2.82 bits per heavy atom. The van der Waals surface area contributed by atoms with Gasteiger partial charge in [0.1, 0.15) is 11.3 Å². The number of amides is 1. The molecular weight excluding hydrogens is 298 g/mol. The summed E-state index contributed by atoms with van der Waals surface area (Å²) in [6.07, 6.45) is 2.56. The molecule has 0 bridgehead atoms. The summed E-state index contributed by atoms with van der Waals surface area (Å²) < 4.78 is 1.82. The average Bonchev–Trinajstić information content (AvgIpc) is 2.87. The lowest BCUT2D eigenvalue weighted by Crippen LogP contribution is -2.16. The van der Waals surface area contributed by atoms with Gasteiger partial charge in [-0.15, -0.1) is 0 Å². The summed E-state index contributed by atoms with van der Waals surface area (Å²) in [5, 5.41) is 3.37. The molecule has 0 aliphatic heterocycles. The number of para-hydroxylation sites is 1. The zero-order valence-electron chi connectivity index (χ0n) is 12.4.